The Morgan fingerprint density at radius 3 is 2.94 bits per heavy atom. The van der Waals surface area contributed by atoms with Crippen molar-refractivity contribution in [3.63, 3.8) is 0 Å². The molecule has 88 valence electrons. The molecule has 0 atom stereocenters. The predicted octanol–water partition coefficient (Wildman–Crippen LogP) is 2.04. The van der Waals surface area contributed by atoms with Crippen LogP contribution < -0.4 is 11.1 Å². The number of carbonyl (C=O) groups is 1. The fraction of sp³-hybridized carbons (Fsp3) is 0.0909. The zero-order valence-electron chi connectivity index (χ0n) is 8.88. The standard InChI is InChI=1S/C11H11N3O2S/c12-8-1-2-9(11(15)16)14-10(8)13-5-7-3-4-17-6-7/h1-4,6H,5,12H2,(H,13,14)(H,15,16). The van der Waals surface area contributed by atoms with Crippen molar-refractivity contribution in [3.8, 4) is 0 Å². The van der Waals surface area contributed by atoms with E-state index in [0.29, 0.717) is 18.1 Å². The van der Waals surface area contributed by atoms with Crippen molar-refractivity contribution in [2.45, 2.75) is 6.54 Å². The first-order valence-corrected chi connectivity index (χ1v) is 5.86. The lowest BCUT2D eigenvalue weighted by Gasteiger charge is -2.07. The molecule has 0 aliphatic carbocycles. The number of nitrogen functional groups attached to an aromatic ring is 1. The van der Waals surface area contributed by atoms with Gasteiger partial charge in [0, 0.05) is 6.54 Å². The van der Waals surface area contributed by atoms with Crippen LogP contribution in [0.2, 0.25) is 0 Å². The molecule has 0 spiro atoms. The number of nitrogens with zero attached hydrogens (tertiary/aromatic N) is 1. The quantitative estimate of drug-likeness (QED) is 0.771. The third-order valence-corrected chi connectivity index (χ3v) is 2.92. The summed E-state index contributed by atoms with van der Waals surface area (Å²) in [6, 6.07) is 4.90. The van der Waals surface area contributed by atoms with Crippen LogP contribution in [-0.4, -0.2) is 16.1 Å². The lowest BCUT2D eigenvalue weighted by Crippen LogP contribution is -2.08. The number of nitrogens with two attached hydrogens (primary N) is 1. The molecule has 0 aliphatic rings. The molecule has 6 heteroatoms. The highest BCUT2D eigenvalue weighted by molar-refractivity contribution is 7.07. The van der Waals surface area contributed by atoms with Crippen molar-refractivity contribution in [2.75, 3.05) is 11.1 Å². The molecular formula is C11H11N3O2S. The molecule has 0 amide bonds. The van der Waals surface area contributed by atoms with Gasteiger partial charge >= 0.3 is 5.97 Å². The van der Waals surface area contributed by atoms with Gasteiger partial charge in [-0.25, -0.2) is 9.78 Å². The highest BCUT2D eigenvalue weighted by Crippen LogP contribution is 2.17. The first-order chi connectivity index (χ1) is 8.16. The summed E-state index contributed by atoms with van der Waals surface area (Å²) >= 11 is 1.60. The Kier molecular flexibility index (Phi) is 3.24. The summed E-state index contributed by atoms with van der Waals surface area (Å²) in [5, 5.41) is 15.8. The molecule has 0 aromatic carbocycles. The van der Waals surface area contributed by atoms with E-state index in [0.717, 1.165) is 5.56 Å². The summed E-state index contributed by atoms with van der Waals surface area (Å²) in [5.41, 5.74) is 7.24. The number of carboxylic acid groups (broad SMARTS) is 1. The fourth-order valence-corrected chi connectivity index (χ4v) is 1.98. The molecule has 5 nitrogen and oxygen atoms in total. The van der Waals surface area contributed by atoms with Gasteiger partial charge in [0.25, 0.3) is 0 Å². The number of hydrogen-bond donors (Lipinski definition) is 3. The first-order valence-electron chi connectivity index (χ1n) is 4.91. The lowest BCUT2D eigenvalue weighted by atomic mass is 10.3. The molecule has 17 heavy (non-hydrogen) atoms. The Hall–Kier alpha value is -2.08. The van der Waals surface area contributed by atoms with Crippen molar-refractivity contribution in [1.82, 2.24) is 4.98 Å². The lowest BCUT2D eigenvalue weighted by molar-refractivity contribution is 0.0690. The number of rotatable bonds is 4. The number of anilines is 2. The van der Waals surface area contributed by atoms with E-state index in [4.69, 9.17) is 10.8 Å². The van der Waals surface area contributed by atoms with Gasteiger partial charge in [0.05, 0.1) is 5.69 Å². The second kappa shape index (κ2) is 4.84. The Balaban J connectivity index is 2.14. The molecule has 0 fully saturated rings. The molecule has 0 unspecified atom stereocenters. The highest BCUT2D eigenvalue weighted by Gasteiger charge is 2.08. The normalized spacial score (nSPS) is 10.1. The van der Waals surface area contributed by atoms with Crippen molar-refractivity contribution in [1.29, 1.82) is 0 Å². The molecule has 2 heterocycles. The second-order valence-corrected chi connectivity index (χ2v) is 4.20. The average Bonchev–Trinajstić information content (AvgIpc) is 2.80. The van der Waals surface area contributed by atoms with E-state index >= 15 is 0 Å². The zero-order valence-corrected chi connectivity index (χ0v) is 9.70. The smallest absolute Gasteiger partial charge is 0.354 e. The van der Waals surface area contributed by atoms with Crippen LogP contribution in [0.25, 0.3) is 0 Å². The first kappa shape index (κ1) is 11.4. The minimum atomic E-state index is -1.07. The summed E-state index contributed by atoms with van der Waals surface area (Å²) in [7, 11) is 0. The summed E-state index contributed by atoms with van der Waals surface area (Å²) in [5.74, 6) is -0.667. The van der Waals surface area contributed by atoms with Gasteiger partial charge in [-0.3, -0.25) is 0 Å². The number of nitrogens with one attached hydrogen (secondary N) is 1. The predicted molar refractivity (Wildman–Crippen MR) is 67.3 cm³/mol. The SMILES string of the molecule is Nc1ccc(C(=O)O)nc1NCc1ccsc1. The molecule has 2 rings (SSSR count). The Labute approximate surface area is 102 Å². The Morgan fingerprint density at radius 2 is 2.29 bits per heavy atom. The monoisotopic (exact) mass is 249 g/mol. The topological polar surface area (TPSA) is 88.2 Å². The van der Waals surface area contributed by atoms with Gasteiger partial charge in [0.15, 0.2) is 5.69 Å². The average molecular weight is 249 g/mol. The minimum Gasteiger partial charge on any atom is -0.477 e. The van der Waals surface area contributed by atoms with Gasteiger partial charge in [-0.05, 0) is 34.5 Å². The van der Waals surface area contributed by atoms with Gasteiger partial charge in [0.2, 0.25) is 0 Å². The number of hydrogen-bond acceptors (Lipinski definition) is 5. The van der Waals surface area contributed by atoms with Crippen molar-refractivity contribution in [2.24, 2.45) is 0 Å². The van der Waals surface area contributed by atoms with Crippen molar-refractivity contribution in [3.05, 3.63) is 40.2 Å². The van der Waals surface area contributed by atoms with Crippen LogP contribution >= 0.6 is 11.3 Å². The summed E-state index contributed by atoms with van der Waals surface area (Å²) < 4.78 is 0. The molecular weight excluding hydrogens is 238 g/mol. The number of pyridine rings is 1. The maximum Gasteiger partial charge on any atom is 0.354 e. The fourth-order valence-electron chi connectivity index (χ4n) is 1.31. The van der Waals surface area contributed by atoms with Gasteiger partial charge < -0.3 is 16.2 Å². The Morgan fingerprint density at radius 1 is 1.47 bits per heavy atom. The van der Waals surface area contributed by atoms with Gasteiger partial charge in [-0.15, -0.1) is 0 Å². The maximum atomic E-state index is 10.8. The van der Waals surface area contributed by atoms with Crippen LogP contribution in [0.4, 0.5) is 11.5 Å². The molecule has 4 N–H and O–H groups in total. The summed E-state index contributed by atoms with van der Waals surface area (Å²) in [6.45, 7) is 0.573. The molecule has 2 aromatic heterocycles. The van der Waals surface area contributed by atoms with E-state index in [-0.39, 0.29) is 5.69 Å². The van der Waals surface area contributed by atoms with E-state index in [2.05, 4.69) is 10.3 Å². The van der Waals surface area contributed by atoms with E-state index in [9.17, 15) is 4.79 Å². The number of aromatic carboxylic acids is 1. The maximum absolute atomic E-state index is 10.8. The van der Waals surface area contributed by atoms with Crippen LogP contribution in [-0.2, 0) is 6.54 Å². The number of thiophene rings is 1. The molecule has 0 aliphatic heterocycles. The molecule has 0 saturated heterocycles. The third-order valence-electron chi connectivity index (χ3n) is 2.19. The van der Waals surface area contributed by atoms with Gasteiger partial charge in [0.1, 0.15) is 5.82 Å². The van der Waals surface area contributed by atoms with E-state index in [1.54, 1.807) is 11.3 Å². The van der Waals surface area contributed by atoms with E-state index in [1.165, 1.54) is 12.1 Å². The van der Waals surface area contributed by atoms with Crippen LogP contribution in [0.1, 0.15) is 16.1 Å². The molecule has 0 radical (unpaired) electrons. The van der Waals surface area contributed by atoms with Crippen LogP contribution in [0.3, 0.4) is 0 Å². The molecule has 0 saturated carbocycles. The third kappa shape index (κ3) is 2.73. The molecule has 0 bridgehead atoms. The van der Waals surface area contributed by atoms with E-state index < -0.39 is 5.97 Å². The van der Waals surface area contributed by atoms with Crippen LogP contribution in [0.5, 0.6) is 0 Å². The van der Waals surface area contributed by atoms with Crippen LogP contribution in [0, 0.1) is 0 Å². The van der Waals surface area contributed by atoms with Crippen LogP contribution in [0.15, 0.2) is 29.0 Å². The summed E-state index contributed by atoms with van der Waals surface area (Å²) in [4.78, 5) is 14.7. The zero-order chi connectivity index (χ0) is 12.3. The van der Waals surface area contributed by atoms with E-state index in [1.807, 2.05) is 16.8 Å². The highest BCUT2D eigenvalue weighted by atomic mass is 32.1. The largest absolute Gasteiger partial charge is 0.477 e. The minimum absolute atomic E-state index is 0.0213. The second-order valence-electron chi connectivity index (χ2n) is 3.42. The Bertz CT molecular complexity index is 526. The van der Waals surface area contributed by atoms with Crippen molar-refractivity contribution < 1.29 is 9.90 Å². The van der Waals surface area contributed by atoms with Gasteiger partial charge in [-0.2, -0.15) is 11.3 Å². The number of aromatic nitrogens is 1. The van der Waals surface area contributed by atoms with Gasteiger partial charge in [-0.1, -0.05) is 0 Å². The van der Waals surface area contributed by atoms with Crippen molar-refractivity contribution >= 4 is 28.8 Å². The number of carboxylic acids is 1. The molecule has 2 aromatic rings. The summed E-state index contributed by atoms with van der Waals surface area (Å²) in [6.07, 6.45) is 0.